The molecule has 2 aromatic carbocycles. The minimum Gasteiger partial charge on any atom is -0.491 e. The third-order valence-corrected chi connectivity index (χ3v) is 5.59. The van der Waals surface area contributed by atoms with Crippen LogP contribution in [0.4, 0.5) is 5.69 Å². The Kier molecular flexibility index (Phi) is 6.27. The van der Waals surface area contributed by atoms with Gasteiger partial charge < -0.3 is 10.1 Å². The first-order valence-electron chi connectivity index (χ1n) is 11.0. The zero-order valence-electron chi connectivity index (χ0n) is 19.3. The third kappa shape index (κ3) is 4.65. The molecule has 0 fully saturated rings. The summed E-state index contributed by atoms with van der Waals surface area (Å²) in [4.78, 5) is 32.5. The van der Waals surface area contributed by atoms with E-state index in [1.807, 2.05) is 76.2 Å². The number of nitrogens with zero attached hydrogens (tertiary/aromatic N) is 2. The number of nitrogens with one attached hydrogen (secondary N) is 1. The Labute approximate surface area is 193 Å². The van der Waals surface area contributed by atoms with Gasteiger partial charge in [0.05, 0.1) is 23.9 Å². The summed E-state index contributed by atoms with van der Waals surface area (Å²) in [5.41, 5.74) is 4.82. The van der Waals surface area contributed by atoms with Crippen LogP contribution in [-0.4, -0.2) is 27.8 Å². The number of ether oxygens (including phenoxy) is 1. The summed E-state index contributed by atoms with van der Waals surface area (Å²) in [5, 5.41) is 3.26. The van der Waals surface area contributed by atoms with E-state index in [0.29, 0.717) is 22.6 Å². The lowest BCUT2D eigenvalue weighted by Gasteiger charge is -2.15. The Balaban J connectivity index is 1.74. The van der Waals surface area contributed by atoms with Crippen molar-refractivity contribution in [1.82, 2.24) is 9.88 Å². The Morgan fingerprint density at radius 1 is 0.939 bits per heavy atom. The monoisotopic (exact) mass is 441 g/mol. The lowest BCUT2D eigenvalue weighted by molar-refractivity contribution is -0.137. The fourth-order valence-corrected chi connectivity index (χ4v) is 3.75. The molecule has 0 aliphatic carbocycles. The Hall–Kier alpha value is -3.93. The lowest BCUT2D eigenvalue weighted by Crippen LogP contribution is -2.32. The minimum atomic E-state index is -0.371. The smallest absolute Gasteiger partial charge is 0.278 e. The number of imide groups is 1. The van der Waals surface area contributed by atoms with Crippen molar-refractivity contribution in [3.63, 3.8) is 0 Å². The van der Waals surface area contributed by atoms with Gasteiger partial charge >= 0.3 is 0 Å². The molecular weight excluding hydrogens is 414 g/mol. The van der Waals surface area contributed by atoms with Crippen molar-refractivity contribution in [3.8, 4) is 5.75 Å². The molecule has 0 saturated heterocycles. The zero-order chi connectivity index (χ0) is 23.5. The molecule has 3 aromatic rings. The van der Waals surface area contributed by atoms with Gasteiger partial charge in [-0.15, -0.1) is 0 Å². The number of carbonyl (C=O) groups is 2. The van der Waals surface area contributed by atoms with Gasteiger partial charge in [-0.1, -0.05) is 30.3 Å². The van der Waals surface area contributed by atoms with E-state index in [0.717, 1.165) is 16.8 Å². The van der Waals surface area contributed by atoms with Crippen molar-refractivity contribution in [1.29, 1.82) is 0 Å². The molecule has 6 heteroatoms. The number of benzene rings is 2. The van der Waals surface area contributed by atoms with Crippen LogP contribution < -0.4 is 10.1 Å². The average molecular weight is 442 g/mol. The summed E-state index contributed by atoms with van der Waals surface area (Å²) in [6.45, 7) is 8.02. The summed E-state index contributed by atoms with van der Waals surface area (Å²) < 4.78 is 5.73. The first-order chi connectivity index (χ1) is 15.8. The second-order valence-corrected chi connectivity index (χ2v) is 8.33. The second kappa shape index (κ2) is 9.28. The third-order valence-electron chi connectivity index (χ3n) is 5.59. The van der Waals surface area contributed by atoms with Crippen molar-refractivity contribution in [3.05, 3.63) is 94.9 Å². The van der Waals surface area contributed by atoms with Crippen LogP contribution in [0.15, 0.2) is 72.6 Å². The maximum Gasteiger partial charge on any atom is 0.278 e. The number of amides is 2. The average Bonchev–Trinajstić information content (AvgIpc) is 3.02. The number of aromatic nitrogens is 1. The molecule has 1 aliphatic heterocycles. The van der Waals surface area contributed by atoms with Gasteiger partial charge in [0.15, 0.2) is 0 Å². The maximum absolute atomic E-state index is 13.5. The number of pyridine rings is 1. The maximum atomic E-state index is 13.5. The van der Waals surface area contributed by atoms with Crippen LogP contribution in [0.5, 0.6) is 5.75 Å². The van der Waals surface area contributed by atoms with Gasteiger partial charge in [0.2, 0.25) is 0 Å². The molecule has 1 aromatic heterocycles. The lowest BCUT2D eigenvalue weighted by atomic mass is 10.0. The van der Waals surface area contributed by atoms with E-state index in [1.165, 1.54) is 4.90 Å². The van der Waals surface area contributed by atoms with Crippen LogP contribution in [0, 0.1) is 13.8 Å². The van der Waals surface area contributed by atoms with Crippen LogP contribution in [0.25, 0.3) is 5.57 Å². The molecule has 2 heterocycles. The van der Waals surface area contributed by atoms with E-state index in [2.05, 4.69) is 10.3 Å². The number of hydrogen-bond acceptors (Lipinski definition) is 5. The van der Waals surface area contributed by atoms with E-state index in [4.69, 9.17) is 4.74 Å². The molecule has 4 rings (SSSR count). The standard InChI is InChI=1S/C27H27N3O3/c1-17(2)33-22-13-11-20(12-14-22)24-25(29-23-10-7-8-18(3)19(23)4)27(32)30(26(24)31)16-21-9-5-6-15-28-21/h5-15,17,29H,16H2,1-4H3. The quantitative estimate of drug-likeness (QED) is 0.529. The van der Waals surface area contributed by atoms with E-state index >= 15 is 0 Å². The first kappa shape index (κ1) is 22.3. The van der Waals surface area contributed by atoms with Crippen molar-refractivity contribution in [2.75, 3.05) is 5.32 Å². The van der Waals surface area contributed by atoms with Crippen LogP contribution in [0.1, 0.15) is 36.2 Å². The summed E-state index contributed by atoms with van der Waals surface area (Å²) in [5.74, 6) is -0.0134. The second-order valence-electron chi connectivity index (χ2n) is 8.33. The summed E-state index contributed by atoms with van der Waals surface area (Å²) in [6.07, 6.45) is 1.69. The van der Waals surface area contributed by atoms with E-state index in [1.54, 1.807) is 18.3 Å². The molecule has 1 aliphatic rings. The minimum absolute atomic E-state index is 0.0418. The zero-order valence-corrected chi connectivity index (χ0v) is 19.3. The van der Waals surface area contributed by atoms with Crippen LogP contribution in [0.3, 0.4) is 0 Å². The molecule has 1 N–H and O–H groups in total. The Morgan fingerprint density at radius 2 is 1.70 bits per heavy atom. The molecule has 0 bridgehead atoms. The molecule has 168 valence electrons. The van der Waals surface area contributed by atoms with Gasteiger partial charge in [0.25, 0.3) is 11.8 Å². The van der Waals surface area contributed by atoms with Gasteiger partial charge in [0, 0.05) is 11.9 Å². The predicted octanol–water partition coefficient (Wildman–Crippen LogP) is 4.88. The number of anilines is 1. The predicted molar refractivity (Wildman–Crippen MR) is 128 cm³/mol. The summed E-state index contributed by atoms with van der Waals surface area (Å²) >= 11 is 0. The Morgan fingerprint density at radius 3 is 2.36 bits per heavy atom. The summed E-state index contributed by atoms with van der Waals surface area (Å²) in [6, 6.07) is 18.5. The molecule has 0 unspecified atom stereocenters. The number of hydrogen-bond donors (Lipinski definition) is 1. The SMILES string of the molecule is Cc1cccc(NC2=C(c3ccc(OC(C)C)cc3)C(=O)N(Cc3ccccn3)C2=O)c1C. The molecule has 0 saturated carbocycles. The Bertz CT molecular complexity index is 1220. The summed E-state index contributed by atoms with van der Waals surface area (Å²) in [7, 11) is 0. The largest absolute Gasteiger partial charge is 0.491 e. The first-order valence-corrected chi connectivity index (χ1v) is 11.0. The molecule has 33 heavy (non-hydrogen) atoms. The van der Waals surface area contributed by atoms with E-state index < -0.39 is 0 Å². The molecule has 0 spiro atoms. The van der Waals surface area contributed by atoms with Gasteiger partial charge in [-0.3, -0.25) is 19.5 Å². The van der Waals surface area contributed by atoms with E-state index in [-0.39, 0.29) is 30.2 Å². The number of rotatable bonds is 7. The topological polar surface area (TPSA) is 71.5 Å². The van der Waals surface area contributed by atoms with Crippen LogP contribution in [0.2, 0.25) is 0 Å². The van der Waals surface area contributed by atoms with Crippen molar-refractivity contribution >= 4 is 23.1 Å². The highest BCUT2D eigenvalue weighted by molar-refractivity contribution is 6.36. The van der Waals surface area contributed by atoms with Gasteiger partial charge in [-0.25, -0.2) is 0 Å². The fourth-order valence-electron chi connectivity index (χ4n) is 3.75. The van der Waals surface area contributed by atoms with Crippen molar-refractivity contribution in [2.24, 2.45) is 0 Å². The number of carbonyl (C=O) groups excluding carboxylic acids is 2. The highest BCUT2D eigenvalue weighted by atomic mass is 16.5. The highest BCUT2D eigenvalue weighted by Crippen LogP contribution is 2.33. The molecule has 6 nitrogen and oxygen atoms in total. The van der Waals surface area contributed by atoms with Gasteiger partial charge in [-0.2, -0.15) is 0 Å². The van der Waals surface area contributed by atoms with E-state index in [9.17, 15) is 9.59 Å². The van der Waals surface area contributed by atoms with Crippen molar-refractivity contribution in [2.45, 2.75) is 40.3 Å². The van der Waals surface area contributed by atoms with Gasteiger partial charge in [0.1, 0.15) is 11.4 Å². The fraction of sp³-hybridized carbons (Fsp3) is 0.222. The molecule has 0 atom stereocenters. The molecular formula is C27H27N3O3. The highest BCUT2D eigenvalue weighted by Gasteiger charge is 2.39. The van der Waals surface area contributed by atoms with Crippen molar-refractivity contribution < 1.29 is 14.3 Å². The molecule has 2 amide bonds. The number of aryl methyl sites for hydroxylation is 1. The normalized spacial score (nSPS) is 13.8. The van der Waals surface area contributed by atoms with Crippen LogP contribution >= 0.6 is 0 Å². The van der Waals surface area contributed by atoms with Gasteiger partial charge in [-0.05, 0) is 74.7 Å². The molecule has 0 radical (unpaired) electrons. The van der Waals surface area contributed by atoms with Crippen LogP contribution in [-0.2, 0) is 16.1 Å².